The zero-order chi connectivity index (χ0) is 20.4. The lowest BCUT2D eigenvalue weighted by atomic mass is 9.83. The number of carbonyl (C=O) groups is 1. The molecule has 1 aromatic heterocycles. The van der Waals surface area contributed by atoms with Gasteiger partial charge in [-0.1, -0.05) is 0 Å². The van der Waals surface area contributed by atoms with Gasteiger partial charge in [0.25, 0.3) is 5.91 Å². The van der Waals surface area contributed by atoms with E-state index in [-0.39, 0.29) is 30.7 Å². The van der Waals surface area contributed by atoms with Crippen LogP contribution in [0.5, 0.6) is 5.88 Å². The van der Waals surface area contributed by atoms with Crippen LogP contribution in [0.1, 0.15) is 50.0 Å². The number of piperidine rings is 1. The zero-order valence-electron chi connectivity index (χ0n) is 16.6. The number of hydrogen-bond donors (Lipinski definition) is 1. The molecule has 1 aromatic rings. The Labute approximate surface area is 171 Å². The van der Waals surface area contributed by atoms with Gasteiger partial charge in [-0.3, -0.25) is 4.79 Å². The number of rotatable bonds is 2. The number of hydrogen-bond acceptors (Lipinski definition) is 7. The van der Waals surface area contributed by atoms with E-state index < -0.39 is 10.0 Å². The Balaban J connectivity index is 1.61. The van der Waals surface area contributed by atoms with Crippen LogP contribution in [0.2, 0.25) is 0 Å². The summed E-state index contributed by atoms with van der Waals surface area (Å²) in [5.41, 5.74) is 0.949. The first-order valence-corrected chi connectivity index (χ1v) is 12.1. The van der Waals surface area contributed by atoms with Gasteiger partial charge in [0.05, 0.1) is 25.0 Å². The van der Waals surface area contributed by atoms with E-state index in [1.165, 1.54) is 6.33 Å². The molecule has 1 saturated carbocycles. The summed E-state index contributed by atoms with van der Waals surface area (Å²) in [6, 6.07) is -0.711. The fourth-order valence-electron chi connectivity index (χ4n) is 4.70. The van der Waals surface area contributed by atoms with Crippen molar-refractivity contribution < 1.29 is 22.7 Å². The molecule has 2 bridgehead atoms. The maximum atomic E-state index is 13.0. The quantitative estimate of drug-likeness (QED) is 0.748. The van der Waals surface area contributed by atoms with E-state index >= 15 is 0 Å². The summed E-state index contributed by atoms with van der Waals surface area (Å²) in [4.78, 5) is 23.1. The molecule has 4 heterocycles. The summed E-state index contributed by atoms with van der Waals surface area (Å²) in [6.07, 6.45) is 9.58. The molecule has 29 heavy (non-hydrogen) atoms. The van der Waals surface area contributed by atoms with Crippen molar-refractivity contribution >= 4 is 15.9 Å². The topological polar surface area (TPSA) is 111 Å². The second-order valence-corrected chi connectivity index (χ2v) is 9.95. The molecule has 0 radical (unpaired) electrons. The molecule has 3 aliphatic heterocycles. The number of aromatic nitrogens is 2. The molecule has 0 spiro atoms. The normalized spacial score (nSPS) is 30.9. The van der Waals surface area contributed by atoms with E-state index in [1.54, 1.807) is 11.1 Å². The van der Waals surface area contributed by atoms with Gasteiger partial charge < -0.3 is 14.4 Å². The van der Waals surface area contributed by atoms with Crippen LogP contribution in [0.3, 0.4) is 0 Å². The maximum absolute atomic E-state index is 13.0. The van der Waals surface area contributed by atoms with Gasteiger partial charge in [-0.05, 0) is 44.4 Å². The van der Waals surface area contributed by atoms with Crippen LogP contribution in [0.15, 0.2) is 12.5 Å². The molecule has 1 N–H and O–H groups in total. The van der Waals surface area contributed by atoms with Crippen LogP contribution in [-0.4, -0.2) is 73.4 Å². The van der Waals surface area contributed by atoms with Gasteiger partial charge in [0.2, 0.25) is 15.9 Å². The molecule has 0 aromatic carbocycles. The SMILES string of the molecule is CS(=O)(=O)N[C@H]1CCCN2C(=O)COc3ncncc3C3CCC(CC3)OC[C@@H]12. The summed E-state index contributed by atoms with van der Waals surface area (Å²) in [5.74, 6) is 0.579. The summed E-state index contributed by atoms with van der Waals surface area (Å²) in [6.45, 7) is 0.741. The molecule has 160 valence electrons. The molecule has 2 fully saturated rings. The fourth-order valence-corrected chi connectivity index (χ4v) is 5.53. The van der Waals surface area contributed by atoms with Crippen molar-refractivity contribution in [1.82, 2.24) is 19.6 Å². The molecule has 1 aliphatic carbocycles. The van der Waals surface area contributed by atoms with Crippen molar-refractivity contribution in [3.8, 4) is 5.88 Å². The standard InChI is InChI=1S/C19H28N4O5S/c1-29(25,26)22-16-3-2-8-23-17(16)10-27-14-6-4-13(5-7-14)15-9-20-12-21-19(15)28-11-18(23)24/h9,12-14,16-17,22H,2-8,10-11H2,1H3/t13?,14?,16-,17-/m0/s1. The highest BCUT2D eigenvalue weighted by molar-refractivity contribution is 7.88. The Kier molecular flexibility index (Phi) is 6.03. The van der Waals surface area contributed by atoms with E-state index in [2.05, 4.69) is 14.7 Å². The van der Waals surface area contributed by atoms with Gasteiger partial charge in [-0.15, -0.1) is 0 Å². The molecule has 4 aliphatic rings. The van der Waals surface area contributed by atoms with Crippen LogP contribution in [0, 0.1) is 0 Å². The van der Waals surface area contributed by atoms with Gasteiger partial charge in [-0.2, -0.15) is 0 Å². The second-order valence-electron chi connectivity index (χ2n) is 8.17. The highest BCUT2D eigenvalue weighted by Crippen LogP contribution is 2.37. The fraction of sp³-hybridized carbons (Fsp3) is 0.737. The molecule has 1 saturated heterocycles. The van der Waals surface area contributed by atoms with Crippen molar-refractivity contribution in [2.75, 3.05) is 26.0 Å². The largest absolute Gasteiger partial charge is 0.467 e. The maximum Gasteiger partial charge on any atom is 0.260 e. The Hall–Kier alpha value is -1.78. The molecule has 0 unspecified atom stereocenters. The van der Waals surface area contributed by atoms with Crippen molar-refractivity contribution in [3.63, 3.8) is 0 Å². The Morgan fingerprint density at radius 3 is 2.76 bits per heavy atom. The van der Waals surface area contributed by atoms with E-state index in [9.17, 15) is 13.2 Å². The minimum atomic E-state index is -3.39. The third-order valence-electron chi connectivity index (χ3n) is 6.12. The summed E-state index contributed by atoms with van der Waals surface area (Å²) in [5, 5.41) is 0. The highest BCUT2D eigenvalue weighted by Gasteiger charge is 2.37. The number of nitrogens with zero attached hydrogens (tertiary/aromatic N) is 3. The smallest absolute Gasteiger partial charge is 0.260 e. The molecule has 10 heteroatoms. The van der Waals surface area contributed by atoms with Crippen molar-refractivity contribution in [1.29, 1.82) is 0 Å². The van der Waals surface area contributed by atoms with E-state index in [4.69, 9.17) is 9.47 Å². The molecular formula is C19H28N4O5S. The summed E-state index contributed by atoms with van der Waals surface area (Å²) < 4.78 is 38.4. The second kappa shape index (κ2) is 8.53. The highest BCUT2D eigenvalue weighted by atomic mass is 32.2. The van der Waals surface area contributed by atoms with Crippen LogP contribution in [0.4, 0.5) is 0 Å². The summed E-state index contributed by atoms with van der Waals surface area (Å²) >= 11 is 0. The number of sulfonamides is 1. The van der Waals surface area contributed by atoms with Gasteiger partial charge in [0.1, 0.15) is 6.33 Å². The Morgan fingerprint density at radius 1 is 1.21 bits per heavy atom. The van der Waals surface area contributed by atoms with Gasteiger partial charge in [-0.25, -0.2) is 23.1 Å². The lowest BCUT2D eigenvalue weighted by Gasteiger charge is -2.41. The Morgan fingerprint density at radius 2 is 2.00 bits per heavy atom. The van der Waals surface area contributed by atoms with E-state index in [1.807, 2.05) is 0 Å². The third-order valence-corrected chi connectivity index (χ3v) is 6.85. The third kappa shape index (κ3) is 4.87. The first-order valence-electron chi connectivity index (χ1n) is 10.2. The average Bonchev–Trinajstić information content (AvgIpc) is 2.71. The zero-order valence-corrected chi connectivity index (χ0v) is 17.4. The van der Waals surface area contributed by atoms with Crippen LogP contribution in [-0.2, 0) is 19.6 Å². The van der Waals surface area contributed by atoms with E-state index in [0.717, 1.165) is 43.9 Å². The molecule has 9 nitrogen and oxygen atoms in total. The lowest BCUT2D eigenvalue weighted by molar-refractivity contribution is -0.140. The number of ether oxygens (including phenoxy) is 2. The number of nitrogens with one attached hydrogen (secondary N) is 1. The van der Waals surface area contributed by atoms with E-state index in [0.29, 0.717) is 31.4 Å². The monoisotopic (exact) mass is 424 g/mol. The van der Waals surface area contributed by atoms with Crippen LogP contribution >= 0.6 is 0 Å². The molecule has 5 rings (SSSR count). The van der Waals surface area contributed by atoms with Crippen LogP contribution < -0.4 is 9.46 Å². The molecule has 2 atom stereocenters. The first-order chi connectivity index (χ1) is 13.9. The van der Waals surface area contributed by atoms with Crippen molar-refractivity contribution in [2.45, 2.75) is 62.6 Å². The van der Waals surface area contributed by atoms with Crippen LogP contribution in [0.25, 0.3) is 0 Å². The van der Waals surface area contributed by atoms with Gasteiger partial charge in [0, 0.05) is 24.3 Å². The predicted molar refractivity (Wildman–Crippen MR) is 105 cm³/mol. The molecular weight excluding hydrogens is 396 g/mol. The minimum Gasteiger partial charge on any atom is -0.467 e. The number of carbonyl (C=O) groups excluding carboxylic acids is 1. The number of amides is 1. The van der Waals surface area contributed by atoms with Crippen molar-refractivity contribution in [2.24, 2.45) is 0 Å². The molecule has 1 amide bonds. The summed E-state index contributed by atoms with van der Waals surface area (Å²) in [7, 11) is -3.39. The lowest BCUT2D eigenvalue weighted by Crippen LogP contribution is -2.59. The average molecular weight is 425 g/mol. The Bertz CT molecular complexity index is 841. The number of fused-ring (bicyclic) bond motifs is 5. The van der Waals surface area contributed by atoms with Gasteiger partial charge >= 0.3 is 0 Å². The first kappa shape index (κ1) is 20.5. The van der Waals surface area contributed by atoms with Crippen molar-refractivity contribution in [3.05, 3.63) is 18.1 Å². The minimum absolute atomic E-state index is 0.110. The predicted octanol–water partition coefficient (Wildman–Crippen LogP) is 0.821. The van der Waals surface area contributed by atoms with Gasteiger partial charge in [0.15, 0.2) is 6.61 Å².